The first-order valence-electron chi connectivity index (χ1n) is 24.0. The number of benzene rings is 12. The highest BCUT2D eigenvalue weighted by Gasteiger charge is 2.23. The average Bonchev–Trinajstić information content (AvgIpc) is 3.84. The van der Waals surface area contributed by atoms with Gasteiger partial charge in [0.15, 0.2) is 0 Å². The van der Waals surface area contributed by atoms with Crippen LogP contribution in [0.2, 0.25) is 0 Å². The fraction of sp³-hybridized carbons (Fsp3) is 0. The summed E-state index contributed by atoms with van der Waals surface area (Å²) in [6.07, 6.45) is 0. The highest BCUT2D eigenvalue weighted by molar-refractivity contribution is 6.17. The van der Waals surface area contributed by atoms with Crippen LogP contribution in [0.1, 0.15) is 0 Å². The van der Waals surface area contributed by atoms with Gasteiger partial charge >= 0.3 is 0 Å². The number of fused-ring (bicyclic) bond motifs is 5. The Labute approximate surface area is 407 Å². The molecule has 0 bridgehead atoms. The summed E-state index contributed by atoms with van der Waals surface area (Å²) in [5.41, 5.74) is 18.9. The van der Waals surface area contributed by atoms with Crippen molar-refractivity contribution in [3.8, 4) is 66.8 Å². The maximum Gasteiger partial charge on any atom is 0.145 e. The van der Waals surface area contributed by atoms with Gasteiger partial charge < -0.3 is 9.32 Å². The van der Waals surface area contributed by atoms with Gasteiger partial charge in [-0.2, -0.15) is 0 Å². The molecule has 0 radical (unpaired) electrons. The molecule has 2 heteroatoms. The van der Waals surface area contributed by atoms with Gasteiger partial charge in [0.05, 0.1) is 11.1 Å². The van der Waals surface area contributed by atoms with Crippen molar-refractivity contribution in [2.45, 2.75) is 0 Å². The topological polar surface area (TPSA) is 16.4 Å². The van der Waals surface area contributed by atoms with Gasteiger partial charge in [-0.3, -0.25) is 0 Å². The Morgan fingerprint density at radius 1 is 0.257 bits per heavy atom. The Morgan fingerprint density at radius 3 is 1.51 bits per heavy atom. The van der Waals surface area contributed by atoms with Gasteiger partial charge in [-0.15, -0.1) is 0 Å². The Hall–Kier alpha value is -9.24. The molecule has 0 aliphatic heterocycles. The molecule has 0 unspecified atom stereocenters. The summed E-state index contributed by atoms with van der Waals surface area (Å²) in [5, 5.41) is 7.12. The quantitative estimate of drug-likeness (QED) is 0.144. The van der Waals surface area contributed by atoms with Crippen molar-refractivity contribution < 1.29 is 4.42 Å². The van der Waals surface area contributed by atoms with Crippen LogP contribution in [0.15, 0.2) is 277 Å². The van der Waals surface area contributed by atoms with Gasteiger partial charge in [0.1, 0.15) is 11.2 Å². The molecule has 1 heterocycles. The molecule has 0 saturated carbocycles. The lowest BCUT2D eigenvalue weighted by atomic mass is 9.89. The molecule has 0 spiro atoms. The van der Waals surface area contributed by atoms with Gasteiger partial charge in [0.25, 0.3) is 0 Å². The number of rotatable bonds is 9. The molecule has 0 saturated heterocycles. The van der Waals surface area contributed by atoms with Crippen molar-refractivity contribution in [2.24, 2.45) is 0 Å². The zero-order valence-corrected chi connectivity index (χ0v) is 38.3. The largest absolute Gasteiger partial charge is 0.455 e. The molecule has 0 aliphatic carbocycles. The molecule has 328 valence electrons. The van der Waals surface area contributed by atoms with E-state index in [9.17, 15) is 0 Å². The third kappa shape index (κ3) is 7.31. The minimum Gasteiger partial charge on any atom is -0.455 e. The van der Waals surface area contributed by atoms with Crippen molar-refractivity contribution in [1.29, 1.82) is 0 Å². The van der Waals surface area contributed by atoms with E-state index in [1.54, 1.807) is 0 Å². The van der Waals surface area contributed by atoms with Crippen molar-refractivity contribution >= 4 is 60.5 Å². The molecule has 13 rings (SSSR count). The van der Waals surface area contributed by atoms with Crippen LogP contribution in [0, 0.1) is 0 Å². The molecule has 1 aromatic heterocycles. The van der Waals surface area contributed by atoms with Crippen LogP contribution < -0.4 is 4.90 Å². The van der Waals surface area contributed by atoms with E-state index in [1.807, 2.05) is 0 Å². The van der Waals surface area contributed by atoms with Crippen LogP contribution >= 0.6 is 0 Å². The lowest BCUT2D eigenvalue weighted by molar-refractivity contribution is 0.670. The Morgan fingerprint density at radius 2 is 0.757 bits per heavy atom. The highest BCUT2D eigenvalue weighted by atomic mass is 16.3. The molecule has 0 amide bonds. The predicted molar refractivity (Wildman–Crippen MR) is 296 cm³/mol. The van der Waals surface area contributed by atoms with Gasteiger partial charge in [-0.25, -0.2) is 0 Å². The normalized spacial score (nSPS) is 11.4. The fourth-order valence-corrected chi connectivity index (χ4v) is 10.5. The number of para-hydroxylation sites is 1. The summed E-state index contributed by atoms with van der Waals surface area (Å²) in [6.45, 7) is 0. The van der Waals surface area contributed by atoms with Crippen LogP contribution in [-0.4, -0.2) is 0 Å². The van der Waals surface area contributed by atoms with Crippen molar-refractivity contribution in [3.63, 3.8) is 0 Å². The van der Waals surface area contributed by atoms with E-state index in [4.69, 9.17) is 4.42 Å². The van der Waals surface area contributed by atoms with Gasteiger partial charge in [0, 0.05) is 22.3 Å². The summed E-state index contributed by atoms with van der Waals surface area (Å²) in [6, 6.07) is 98.6. The van der Waals surface area contributed by atoms with Crippen LogP contribution in [-0.2, 0) is 0 Å². The fourth-order valence-electron chi connectivity index (χ4n) is 10.5. The van der Waals surface area contributed by atoms with E-state index in [-0.39, 0.29) is 0 Å². The molecule has 12 aromatic carbocycles. The molecule has 0 aliphatic rings. The van der Waals surface area contributed by atoms with E-state index in [2.05, 4.69) is 278 Å². The van der Waals surface area contributed by atoms with Gasteiger partial charge in [-0.05, 0) is 137 Å². The number of hydrogen-bond acceptors (Lipinski definition) is 2. The van der Waals surface area contributed by atoms with Crippen molar-refractivity contribution in [3.05, 3.63) is 273 Å². The lowest BCUT2D eigenvalue weighted by Gasteiger charge is -2.27. The van der Waals surface area contributed by atoms with E-state index < -0.39 is 0 Å². The van der Waals surface area contributed by atoms with E-state index in [1.165, 1.54) is 66.1 Å². The third-order valence-electron chi connectivity index (χ3n) is 13.9. The summed E-state index contributed by atoms with van der Waals surface area (Å²) >= 11 is 0. The molecule has 0 fully saturated rings. The third-order valence-corrected chi connectivity index (χ3v) is 13.9. The van der Waals surface area contributed by atoms with E-state index in [0.717, 1.165) is 61.3 Å². The SMILES string of the molecule is c1ccc(-c2ccc(N(c3ccc(-c4cccc(-c5cccc6ccccc56)c4)cc3)c3ccc(-c4ccccc4-c4ccccc4-c4ccc5ccccc5c4)cc3)c3c2oc2ccccc23)cc1. The number of anilines is 3. The minimum atomic E-state index is 0.861. The maximum absolute atomic E-state index is 6.82. The van der Waals surface area contributed by atoms with Crippen molar-refractivity contribution in [1.82, 2.24) is 0 Å². The van der Waals surface area contributed by atoms with Crippen LogP contribution in [0.4, 0.5) is 17.1 Å². The minimum absolute atomic E-state index is 0.861. The molecule has 2 nitrogen and oxygen atoms in total. The second-order valence-electron chi connectivity index (χ2n) is 18.0. The number of furan rings is 1. The van der Waals surface area contributed by atoms with Crippen LogP contribution in [0.5, 0.6) is 0 Å². The highest BCUT2D eigenvalue weighted by Crippen LogP contribution is 2.47. The first-order chi connectivity index (χ1) is 34.7. The number of hydrogen-bond donors (Lipinski definition) is 0. The van der Waals surface area contributed by atoms with Crippen LogP contribution in [0.3, 0.4) is 0 Å². The second kappa shape index (κ2) is 17.4. The van der Waals surface area contributed by atoms with Crippen LogP contribution in [0.25, 0.3) is 110 Å². The molecular formula is C68H45NO. The van der Waals surface area contributed by atoms with Crippen molar-refractivity contribution in [2.75, 3.05) is 4.90 Å². The standard InChI is InChI=1S/C68H45NO/c1-2-17-49(18-3-1)61-42-43-65(67-64-29-12-13-31-66(64)70-68(61)67)69(55-38-34-47(35-39-55)52-22-14-23-53(44-52)59-30-15-21-48-19-6-7-24-57(48)59)56-40-36-50(37-41-56)58-25-8-10-27-62(58)63-28-11-9-26-60(63)54-33-32-46-16-4-5-20-51(46)45-54/h1-45H. The second-order valence-corrected chi connectivity index (χ2v) is 18.0. The number of nitrogens with zero attached hydrogens (tertiary/aromatic N) is 1. The Bertz CT molecular complexity index is 4050. The maximum atomic E-state index is 6.82. The zero-order chi connectivity index (χ0) is 46.4. The lowest BCUT2D eigenvalue weighted by Crippen LogP contribution is -2.10. The summed E-state index contributed by atoms with van der Waals surface area (Å²) in [7, 11) is 0. The predicted octanol–water partition coefficient (Wildman–Crippen LogP) is 19.4. The average molecular weight is 892 g/mol. The van der Waals surface area contributed by atoms with E-state index in [0.29, 0.717) is 0 Å². The molecular weight excluding hydrogens is 847 g/mol. The molecule has 13 aromatic rings. The molecule has 0 N–H and O–H groups in total. The smallest absolute Gasteiger partial charge is 0.145 e. The summed E-state index contributed by atoms with van der Waals surface area (Å²) in [4.78, 5) is 2.39. The Balaban J connectivity index is 0.935. The van der Waals surface area contributed by atoms with E-state index >= 15 is 0 Å². The molecule has 0 atom stereocenters. The first-order valence-corrected chi connectivity index (χ1v) is 24.0. The molecule has 70 heavy (non-hydrogen) atoms. The summed E-state index contributed by atoms with van der Waals surface area (Å²) < 4.78 is 6.82. The first kappa shape index (κ1) is 41.0. The summed E-state index contributed by atoms with van der Waals surface area (Å²) in [5.74, 6) is 0. The monoisotopic (exact) mass is 891 g/mol. The van der Waals surface area contributed by atoms with Gasteiger partial charge in [0.2, 0.25) is 0 Å². The Kier molecular flexibility index (Phi) is 10.2. The van der Waals surface area contributed by atoms with Gasteiger partial charge in [-0.1, -0.05) is 218 Å². The zero-order valence-electron chi connectivity index (χ0n) is 38.3.